The van der Waals surface area contributed by atoms with Gasteiger partial charge in [0.2, 0.25) is 5.75 Å². The number of fused-ring (bicyclic) bond motifs is 1. The molecule has 0 aliphatic carbocycles. The first-order chi connectivity index (χ1) is 14.5. The van der Waals surface area contributed by atoms with Gasteiger partial charge in [-0.1, -0.05) is 18.2 Å². The molecule has 6 heteroatoms. The van der Waals surface area contributed by atoms with Crippen LogP contribution < -0.4 is 19.5 Å². The number of hydrogen-bond acceptors (Lipinski definition) is 4. The van der Waals surface area contributed by atoms with E-state index in [1.165, 1.54) is 37.8 Å². The highest BCUT2D eigenvalue weighted by Crippen LogP contribution is 2.38. The van der Waals surface area contributed by atoms with Crippen molar-refractivity contribution in [1.29, 1.82) is 0 Å². The highest BCUT2D eigenvalue weighted by Gasteiger charge is 2.18. The molecule has 1 aromatic heterocycles. The number of hydrogen-bond donors (Lipinski definition) is 1. The van der Waals surface area contributed by atoms with Gasteiger partial charge in [0, 0.05) is 35.2 Å². The fourth-order valence-corrected chi connectivity index (χ4v) is 3.75. The van der Waals surface area contributed by atoms with Crippen molar-refractivity contribution < 1.29 is 19.0 Å². The summed E-state index contributed by atoms with van der Waals surface area (Å²) in [6.45, 7) is 5.11. The van der Waals surface area contributed by atoms with Gasteiger partial charge in [-0.05, 0) is 50.5 Å². The third-order valence-corrected chi connectivity index (χ3v) is 5.36. The zero-order valence-electron chi connectivity index (χ0n) is 18.3. The molecule has 3 aromatic rings. The minimum Gasteiger partial charge on any atom is -0.493 e. The Morgan fingerprint density at radius 1 is 1.07 bits per heavy atom. The van der Waals surface area contributed by atoms with Crippen LogP contribution in [0.5, 0.6) is 17.2 Å². The molecule has 0 fully saturated rings. The van der Waals surface area contributed by atoms with Crippen molar-refractivity contribution in [2.45, 2.75) is 39.3 Å². The second-order valence-electron chi connectivity index (χ2n) is 7.28. The van der Waals surface area contributed by atoms with E-state index in [1.807, 2.05) is 6.92 Å². The molecule has 2 aromatic carbocycles. The van der Waals surface area contributed by atoms with Crippen molar-refractivity contribution in [3.63, 3.8) is 0 Å². The van der Waals surface area contributed by atoms with Crippen LogP contribution in [0.1, 0.15) is 36.2 Å². The molecule has 30 heavy (non-hydrogen) atoms. The normalized spacial score (nSPS) is 11.9. The van der Waals surface area contributed by atoms with Gasteiger partial charge in [0.05, 0.1) is 21.3 Å². The number of carbonyl (C=O) groups excluding carboxylic acids is 1. The number of nitrogens with zero attached hydrogens (tertiary/aromatic N) is 1. The van der Waals surface area contributed by atoms with Gasteiger partial charge in [0.1, 0.15) is 0 Å². The summed E-state index contributed by atoms with van der Waals surface area (Å²) in [7, 11) is 4.61. The Bertz CT molecular complexity index is 1000. The van der Waals surface area contributed by atoms with Gasteiger partial charge in [-0.3, -0.25) is 4.79 Å². The highest BCUT2D eigenvalue weighted by molar-refractivity contribution is 5.95. The maximum absolute atomic E-state index is 12.8. The Morgan fingerprint density at radius 3 is 2.33 bits per heavy atom. The Morgan fingerprint density at radius 2 is 1.73 bits per heavy atom. The van der Waals surface area contributed by atoms with Crippen LogP contribution in [0.2, 0.25) is 0 Å². The Labute approximate surface area is 177 Å². The summed E-state index contributed by atoms with van der Waals surface area (Å²) in [6, 6.07) is 11.8. The van der Waals surface area contributed by atoms with Gasteiger partial charge >= 0.3 is 0 Å². The lowest BCUT2D eigenvalue weighted by atomic mass is 10.0. The molecule has 160 valence electrons. The van der Waals surface area contributed by atoms with Gasteiger partial charge in [0.15, 0.2) is 11.5 Å². The van der Waals surface area contributed by atoms with Crippen LogP contribution in [0.3, 0.4) is 0 Å². The maximum Gasteiger partial charge on any atom is 0.251 e. The van der Waals surface area contributed by atoms with Gasteiger partial charge < -0.3 is 24.1 Å². The molecule has 0 bridgehead atoms. The van der Waals surface area contributed by atoms with E-state index in [0.717, 1.165) is 19.4 Å². The number of para-hydroxylation sites is 1. The monoisotopic (exact) mass is 410 g/mol. The molecule has 1 atom stereocenters. The molecular weight excluding hydrogens is 380 g/mol. The van der Waals surface area contributed by atoms with Gasteiger partial charge in [-0.2, -0.15) is 0 Å². The predicted octanol–water partition coefficient (Wildman–Crippen LogP) is 4.44. The molecule has 0 radical (unpaired) electrons. The lowest BCUT2D eigenvalue weighted by molar-refractivity contribution is 0.0937. The van der Waals surface area contributed by atoms with Crippen molar-refractivity contribution in [1.82, 2.24) is 9.88 Å². The largest absolute Gasteiger partial charge is 0.493 e. The summed E-state index contributed by atoms with van der Waals surface area (Å²) < 4.78 is 18.3. The van der Waals surface area contributed by atoms with Crippen LogP contribution in [0.25, 0.3) is 10.9 Å². The summed E-state index contributed by atoms with van der Waals surface area (Å²) in [5.74, 6) is 1.22. The average molecular weight is 411 g/mol. The number of carbonyl (C=O) groups is 1. The number of benzene rings is 2. The van der Waals surface area contributed by atoms with Crippen molar-refractivity contribution in [3.05, 3.63) is 53.7 Å². The summed E-state index contributed by atoms with van der Waals surface area (Å²) in [6.07, 6.45) is 3.95. The number of aryl methyl sites for hydroxylation is 2. The molecule has 1 amide bonds. The van der Waals surface area contributed by atoms with E-state index in [0.29, 0.717) is 22.8 Å². The minimum absolute atomic E-state index is 0.0142. The summed E-state index contributed by atoms with van der Waals surface area (Å²) in [5, 5.41) is 4.36. The SMILES string of the molecule is CCn1cc(CCC(C)NC(=O)c2cc(OC)c(OC)c(OC)c2)c2ccccc21. The topological polar surface area (TPSA) is 61.7 Å². The summed E-state index contributed by atoms with van der Waals surface area (Å²) in [5.41, 5.74) is 3.03. The van der Waals surface area contributed by atoms with Crippen LogP contribution in [0, 0.1) is 0 Å². The lowest BCUT2D eigenvalue weighted by Crippen LogP contribution is -2.32. The minimum atomic E-state index is -0.169. The zero-order valence-corrected chi connectivity index (χ0v) is 18.3. The number of amides is 1. The fraction of sp³-hybridized carbons (Fsp3) is 0.375. The first-order valence-corrected chi connectivity index (χ1v) is 10.2. The van der Waals surface area contributed by atoms with E-state index in [-0.39, 0.29) is 11.9 Å². The molecule has 1 heterocycles. The lowest BCUT2D eigenvalue weighted by Gasteiger charge is -2.16. The molecule has 6 nitrogen and oxygen atoms in total. The molecule has 0 saturated carbocycles. The third-order valence-electron chi connectivity index (χ3n) is 5.36. The van der Waals surface area contributed by atoms with E-state index < -0.39 is 0 Å². The van der Waals surface area contributed by atoms with Crippen LogP contribution >= 0.6 is 0 Å². The number of aromatic nitrogens is 1. The van der Waals surface area contributed by atoms with Crippen LogP contribution in [-0.2, 0) is 13.0 Å². The molecule has 0 aliphatic rings. The van der Waals surface area contributed by atoms with E-state index in [9.17, 15) is 4.79 Å². The molecule has 1 N–H and O–H groups in total. The maximum atomic E-state index is 12.8. The number of nitrogens with one attached hydrogen (secondary N) is 1. The van der Waals surface area contributed by atoms with Crippen molar-refractivity contribution in [3.8, 4) is 17.2 Å². The van der Waals surface area contributed by atoms with Crippen LogP contribution in [0.15, 0.2) is 42.6 Å². The smallest absolute Gasteiger partial charge is 0.251 e. The molecule has 0 saturated heterocycles. The molecule has 0 aliphatic heterocycles. The van der Waals surface area contributed by atoms with Crippen molar-refractivity contribution in [2.24, 2.45) is 0 Å². The second kappa shape index (κ2) is 9.57. The van der Waals surface area contributed by atoms with E-state index in [2.05, 4.69) is 47.3 Å². The standard InChI is InChI=1S/C24H30N2O4/c1-6-26-15-17(19-9-7-8-10-20(19)26)12-11-16(2)25-24(27)18-13-21(28-3)23(30-5)22(14-18)29-4/h7-10,13-16H,6,11-12H2,1-5H3,(H,25,27). The van der Waals surface area contributed by atoms with E-state index in [1.54, 1.807) is 12.1 Å². The average Bonchev–Trinajstić information content (AvgIpc) is 3.14. The van der Waals surface area contributed by atoms with Gasteiger partial charge in [0.25, 0.3) is 5.91 Å². The summed E-state index contributed by atoms with van der Waals surface area (Å²) >= 11 is 0. The quantitative estimate of drug-likeness (QED) is 0.567. The first-order valence-electron chi connectivity index (χ1n) is 10.2. The van der Waals surface area contributed by atoms with Crippen LogP contribution in [-0.4, -0.2) is 37.8 Å². The zero-order chi connectivity index (χ0) is 21.7. The van der Waals surface area contributed by atoms with Crippen molar-refractivity contribution >= 4 is 16.8 Å². The highest BCUT2D eigenvalue weighted by atomic mass is 16.5. The van der Waals surface area contributed by atoms with Gasteiger partial charge in [-0.25, -0.2) is 0 Å². The van der Waals surface area contributed by atoms with Gasteiger partial charge in [-0.15, -0.1) is 0 Å². The summed E-state index contributed by atoms with van der Waals surface area (Å²) in [4.78, 5) is 12.8. The number of methoxy groups -OCH3 is 3. The first kappa shape index (κ1) is 21.6. The molecule has 1 unspecified atom stereocenters. The molecule has 3 rings (SSSR count). The predicted molar refractivity (Wildman–Crippen MR) is 119 cm³/mol. The van der Waals surface area contributed by atoms with E-state index in [4.69, 9.17) is 14.2 Å². The molecule has 0 spiro atoms. The Hall–Kier alpha value is -3.15. The number of rotatable bonds is 9. The van der Waals surface area contributed by atoms with Crippen molar-refractivity contribution in [2.75, 3.05) is 21.3 Å². The van der Waals surface area contributed by atoms with E-state index >= 15 is 0 Å². The number of ether oxygens (including phenoxy) is 3. The Balaban J connectivity index is 1.70. The van der Waals surface area contributed by atoms with Crippen LogP contribution in [0.4, 0.5) is 0 Å². The fourth-order valence-electron chi connectivity index (χ4n) is 3.75. The Kier molecular flexibility index (Phi) is 6.87. The third kappa shape index (κ3) is 4.37. The molecular formula is C24H30N2O4. The second-order valence-corrected chi connectivity index (χ2v) is 7.28.